The fourth-order valence-electron chi connectivity index (χ4n) is 1.51. The Morgan fingerprint density at radius 3 is 2.70 bits per heavy atom. The van der Waals surface area contributed by atoms with Crippen molar-refractivity contribution in [2.24, 2.45) is 0 Å². The van der Waals surface area contributed by atoms with Crippen LogP contribution in [-0.2, 0) is 10.9 Å². The summed E-state index contributed by atoms with van der Waals surface area (Å²) in [7, 11) is 0. The first-order valence-corrected chi connectivity index (χ1v) is 5.92. The van der Waals surface area contributed by atoms with Crippen LogP contribution < -0.4 is 5.32 Å². The predicted octanol–water partition coefficient (Wildman–Crippen LogP) is 3.58. The van der Waals surface area contributed by atoms with Gasteiger partial charge in [0.25, 0.3) is 0 Å². The number of nitrogens with zero attached hydrogens (tertiary/aromatic N) is 1. The van der Waals surface area contributed by atoms with E-state index in [2.05, 4.69) is 11.9 Å². The number of anilines is 1. The van der Waals surface area contributed by atoms with Gasteiger partial charge in [0, 0.05) is 12.2 Å². The van der Waals surface area contributed by atoms with Crippen LogP contribution in [0.25, 0.3) is 0 Å². The van der Waals surface area contributed by atoms with Gasteiger partial charge >= 0.3 is 6.18 Å². The van der Waals surface area contributed by atoms with Gasteiger partial charge in [0.2, 0.25) is 0 Å². The molecule has 1 N–H and O–H groups in total. The summed E-state index contributed by atoms with van der Waals surface area (Å²) in [5, 5.41) is 11.3. The van der Waals surface area contributed by atoms with Crippen molar-refractivity contribution in [3.8, 4) is 6.07 Å². The van der Waals surface area contributed by atoms with Crippen molar-refractivity contribution in [2.45, 2.75) is 13.1 Å². The summed E-state index contributed by atoms with van der Waals surface area (Å²) in [4.78, 5) is 0. The van der Waals surface area contributed by atoms with E-state index in [4.69, 9.17) is 10.00 Å². The second-order valence-electron chi connectivity index (χ2n) is 4.31. The summed E-state index contributed by atoms with van der Waals surface area (Å²) >= 11 is 0. The Bertz CT molecular complexity index is 518. The van der Waals surface area contributed by atoms with Crippen LogP contribution in [0.5, 0.6) is 0 Å². The van der Waals surface area contributed by atoms with E-state index in [0.717, 1.165) is 11.6 Å². The summed E-state index contributed by atoms with van der Waals surface area (Å²) in [5.41, 5.74) is -0.0902. The van der Waals surface area contributed by atoms with Gasteiger partial charge in [0.15, 0.2) is 0 Å². The van der Waals surface area contributed by atoms with Crippen LogP contribution in [0.1, 0.15) is 18.1 Å². The molecule has 3 nitrogen and oxygen atoms in total. The third kappa shape index (κ3) is 4.94. The van der Waals surface area contributed by atoms with Gasteiger partial charge in [0.1, 0.15) is 0 Å². The molecule has 0 saturated carbocycles. The Morgan fingerprint density at radius 1 is 1.45 bits per heavy atom. The minimum atomic E-state index is -4.51. The van der Waals surface area contributed by atoms with Crippen molar-refractivity contribution in [3.63, 3.8) is 0 Å². The monoisotopic (exact) mass is 284 g/mol. The first-order valence-electron chi connectivity index (χ1n) is 5.92. The van der Waals surface area contributed by atoms with Gasteiger partial charge in [-0.15, -0.1) is 0 Å². The standard InChI is InChI=1S/C14H15F3N2O/c1-10(2)9-20-6-5-19-13-4-3-11(8-18)7-12(13)14(15,16)17/h3-4,7,19H,1,5-6,9H2,2H3. The van der Waals surface area contributed by atoms with Crippen LogP contribution in [0.4, 0.5) is 18.9 Å². The number of hydrogen-bond donors (Lipinski definition) is 1. The molecule has 0 heterocycles. The number of benzene rings is 1. The quantitative estimate of drug-likeness (QED) is 0.641. The fraction of sp³-hybridized carbons (Fsp3) is 0.357. The van der Waals surface area contributed by atoms with Gasteiger partial charge in [-0.2, -0.15) is 18.4 Å². The molecule has 1 aromatic rings. The molecule has 0 atom stereocenters. The zero-order valence-corrected chi connectivity index (χ0v) is 11.0. The van der Waals surface area contributed by atoms with Crippen molar-refractivity contribution < 1.29 is 17.9 Å². The number of rotatable bonds is 6. The van der Waals surface area contributed by atoms with E-state index in [9.17, 15) is 13.2 Å². The lowest BCUT2D eigenvalue weighted by molar-refractivity contribution is -0.137. The molecule has 1 aromatic carbocycles. The maximum absolute atomic E-state index is 12.9. The molecule has 108 valence electrons. The molecule has 0 aliphatic carbocycles. The second-order valence-corrected chi connectivity index (χ2v) is 4.31. The molecule has 0 fully saturated rings. The van der Waals surface area contributed by atoms with E-state index in [1.807, 2.05) is 0 Å². The maximum Gasteiger partial charge on any atom is 0.418 e. The lowest BCUT2D eigenvalue weighted by atomic mass is 10.1. The van der Waals surface area contributed by atoms with Gasteiger partial charge in [-0.05, 0) is 25.1 Å². The van der Waals surface area contributed by atoms with Gasteiger partial charge in [0.05, 0.1) is 30.4 Å². The predicted molar refractivity (Wildman–Crippen MR) is 70.3 cm³/mol. The Kier molecular flexibility index (Phi) is 5.59. The van der Waals surface area contributed by atoms with Crippen LogP contribution in [0.2, 0.25) is 0 Å². The first-order chi connectivity index (χ1) is 9.34. The minimum Gasteiger partial charge on any atom is -0.382 e. The van der Waals surface area contributed by atoms with Gasteiger partial charge < -0.3 is 10.1 Å². The number of nitrogens with one attached hydrogen (secondary N) is 1. The molecule has 0 aliphatic rings. The van der Waals surface area contributed by atoms with Crippen molar-refractivity contribution in [1.29, 1.82) is 5.26 Å². The van der Waals surface area contributed by atoms with E-state index in [-0.39, 0.29) is 24.4 Å². The normalized spacial score (nSPS) is 10.9. The molecule has 0 spiro atoms. The minimum absolute atomic E-state index is 0.0265. The van der Waals surface area contributed by atoms with Gasteiger partial charge in [-0.25, -0.2) is 0 Å². The van der Waals surface area contributed by atoms with E-state index in [1.165, 1.54) is 12.1 Å². The van der Waals surface area contributed by atoms with Crippen molar-refractivity contribution in [2.75, 3.05) is 25.1 Å². The van der Waals surface area contributed by atoms with Crippen LogP contribution in [0.15, 0.2) is 30.4 Å². The lowest BCUT2D eigenvalue weighted by Gasteiger charge is -2.15. The molecule has 0 aromatic heterocycles. The molecule has 6 heteroatoms. The summed E-state index contributed by atoms with van der Waals surface area (Å²) in [6.45, 7) is 6.34. The molecule has 0 unspecified atom stereocenters. The fourth-order valence-corrected chi connectivity index (χ4v) is 1.51. The van der Waals surface area contributed by atoms with E-state index in [0.29, 0.717) is 6.61 Å². The molecular formula is C14H15F3N2O. The molecule has 0 saturated heterocycles. The molecule has 20 heavy (non-hydrogen) atoms. The Balaban J connectivity index is 2.70. The third-order valence-electron chi connectivity index (χ3n) is 2.36. The highest BCUT2D eigenvalue weighted by Crippen LogP contribution is 2.35. The smallest absolute Gasteiger partial charge is 0.382 e. The Labute approximate surface area is 115 Å². The van der Waals surface area contributed by atoms with Crippen molar-refractivity contribution >= 4 is 5.69 Å². The molecule has 0 aliphatic heterocycles. The number of hydrogen-bond acceptors (Lipinski definition) is 3. The molecule has 0 amide bonds. The highest BCUT2D eigenvalue weighted by atomic mass is 19.4. The lowest BCUT2D eigenvalue weighted by Crippen LogP contribution is -2.15. The zero-order chi connectivity index (χ0) is 15.2. The highest BCUT2D eigenvalue weighted by Gasteiger charge is 2.33. The zero-order valence-electron chi connectivity index (χ0n) is 11.0. The Morgan fingerprint density at radius 2 is 2.15 bits per heavy atom. The SMILES string of the molecule is C=C(C)COCCNc1ccc(C#N)cc1C(F)(F)F. The number of ether oxygens (including phenoxy) is 1. The maximum atomic E-state index is 12.9. The third-order valence-corrected chi connectivity index (χ3v) is 2.36. The van der Waals surface area contributed by atoms with Gasteiger partial charge in [-0.1, -0.05) is 12.2 Å². The van der Waals surface area contributed by atoms with Gasteiger partial charge in [-0.3, -0.25) is 0 Å². The molecule has 0 bridgehead atoms. The summed E-state index contributed by atoms with van der Waals surface area (Å²) < 4.78 is 43.8. The number of halogens is 3. The highest BCUT2D eigenvalue weighted by molar-refractivity contribution is 5.56. The largest absolute Gasteiger partial charge is 0.418 e. The van der Waals surface area contributed by atoms with Crippen molar-refractivity contribution in [1.82, 2.24) is 0 Å². The van der Waals surface area contributed by atoms with Crippen LogP contribution in [-0.4, -0.2) is 19.8 Å². The summed E-state index contributed by atoms with van der Waals surface area (Å²) in [6, 6.07) is 5.11. The average Bonchev–Trinajstić information content (AvgIpc) is 2.37. The molecule has 1 rings (SSSR count). The van der Waals surface area contributed by atoms with Crippen LogP contribution in [0, 0.1) is 11.3 Å². The molecule has 0 radical (unpaired) electrons. The molecular weight excluding hydrogens is 269 g/mol. The number of alkyl halides is 3. The van der Waals surface area contributed by atoms with Crippen LogP contribution in [0.3, 0.4) is 0 Å². The summed E-state index contributed by atoms with van der Waals surface area (Å²) in [5.74, 6) is 0. The van der Waals surface area contributed by atoms with E-state index in [1.54, 1.807) is 13.0 Å². The summed E-state index contributed by atoms with van der Waals surface area (Å²) in [6.07, 6.45) is -4.51. The van der Waals surface area contributed by atoms with E-state index < -0.39 is 11.7 Å². The second kappa shape index (κ2) is 6.96. The number of nitriles is 1. The first kappa shape index (κ1) is 16.1. The van der Waals surface area contributed by atoms with Crippen molar-refractivity contribution in [3.05, 3.63) is 41.5 Å². The van der Waals surface area contributed by atoms with E-state index >= 15 is 0 Å². The Hall–Kier alpha value is -2.00. The topological polar surface area (TPSA) is 45.0 Å². The average molecular weight is 284 g/mol. The van der Waals surface area contributed by atoms with Crippen LogP contribution >= 0.6 is 0 Å².